The van der Waals surface area contributed by atoms with Crippen LogP contribution in [0, 0.1) is 0 Å². The molecule has 1 aliphatic heterocycles. The van der Waals surface area contributed by atoms with Gasteiger partial charge in [-0.25, -0.2) is 18.2 Å². The second-order valence-electron chi connectivity index (χ2n) is 9.72. The molecular weight excluding hydrogens is 534 g/mol. The molecule has 214 valence electrons. The van der Waals surface area contributed by atoms with Gasteiger partial charge in [0.1, 0.15) is 5.52 Å². The summed E-state index contributed by atoms with van der Waals surface area (Å²) in [6.07, 6.45) is 2.04. The number of nitrogens with one attached hydrogen (secondary N) is 3. The number of carbonyl (C=O) groups is 3. The molecule has 0 radical (unpaired) electrons. The Balaban J connectivity index is 1.26. The lowest BCUT2D eigenvalue weighted by molar-refractivity contribution is -0.120. The number of para-hydroxylation sites is 2. The van der Waals surface area contributed by atoms with Crippen molar-refractivity contribution in [3.05, 3.63) is 66.1 Å². The summed E-state index contributed by atoms with van der Waals surface area (Å²) >= 11 is 0. The minimum absolute atomic E-state index is 0.0869. The molecule has 4 rings (SSSR count). The summed E-state index contributed by atoms with van der Waals surface area (Å²) < 4.78 is 32.0. The van der Waals surface area contributed by atoms with Crippen LogP contribution in [-0.4, -0.2) is 80.5 Å². The summed E-state index contributed by atoms with van der Waals surface area (Å²) in [5.74, 6) is -1.07. The van der Waals surface area contributed by atoms with Crippen LogP contribution in [0.25, 0.3) is 11.1 Å². The molecule has 2 heterocycles. The molecule has 2 aromatic carbocycles. The number of hydrogen-bond acceptors (Lipinski definition) is 8. The molecule has 1 aliphatic rings. The monoisotopic (exact) mass is 569 g/mol. The van der Waals surface area contributed by atoms with Crippen molar-refractivity contribution in [3.63, 3.8) is 0 Å². The average Bonchev–Trinajstić information content (AvgIpc) is 3.40. The lowest BCUT2D eigenvalue weighted by Gasteiger charge is -2.28. The van der Waals surface area contributed by atoms with E-state index in [9.17, 15) is 22.8 Å². The first-order valence-electron chi connectivity index (χ1n) is 13.5. The lowest BCUT2D eigenvalue weighted by atomic mass is 10.1. The van der Waals surface area contributed by atoms with Gasteiger partial charge in [-0.1, -0.05) is 48.9 Å². The Morgan fingerprint density at radius 3 is 2.42 bits per heavy atom. The molecule has 11 nitrogen and oxygen atoms in total. The molecule has 1 unspecified atom stereocenters. The first-order chi connectivity index (χ1) is 19.3. The lowest BCUT2D eigenvalue weighted by Crippen LogP contribution is -2.53. The summed E-state index contributed by atoms with van der Waals surface area (Å²) in [5, 5.41) is 7.07. The van der Waals surface area contributed by atoms with Crippen LogP contribution in [0.5, 0.6) is 0 Å². The zero-order valence-electron chi connectivity index (χ0n) is 22.3. The van der Waals surface area contributed by atoms with Gasteiger partial charge in [0.15, 0.2) is 20.7 Å². The minimum Gasteiger partial charge on any atom is -0.434 e. The van der Waals surface area contributed by atoms with E-state index in [1.54, 1.807) is 47.4 Å². The highest BCUT2D eigenvalue weighted by Crippen LogP contribution is 2.17. The molecule has 12 heteroatoms. The van der Waals surface area contributed by atoms with Crippen LogP contribution in [0.15, 0.2) is 59.0 Å². The Morgan fingerprint density at radius 1 is 0.950 bits per heavy atom. The van der Waals surface area contributed by atoms with Crippen LogP contribution in [0.2, 0.25) is 0 Å². The van der Waals surface area contributed by atoms with Gasteiger partial charge < -0.3 is 25.3 Å². The predicted molar refractivity (Wildman–Crippen MR) is 151 cm³/mol. The minimum atomic E-state index is -3.92. The van der Waals surface area contributed by atoms with Crippen LogP contribution in [-0.2, 0) is 20.4 Å². The van der Waals surface area contributed by atoms with Crippen molar-refractivity contribution < 1.29 is 27.2 Å². The number of hydrogen-bond donors (Lipinski definition) is 3. The fraction of sp³-hybridized carbons (Fsp3) is 0.429. The average molecular weight is 570 g/mol. The van der Waals surface area contributed by atoms with Crippen LogP contribution < -0.4 is 16.0 Å². The molecule has 3 aromatic rings. The van der Waals surface area contributed by atoms with Crippen molar-refractivity contribution in [1.29, 1.82) is 0 Å². The maximum Gasteiger partial charge on any atom is 0.317 e. The molecule has 1 aromatic heterocycles. The fourth-order valence-electron chi connectivity index (χ4n) is 4.46. The number of carbonyl (C=O) groups excluding carboxylic acids is 3. The number of amides is 3. The number of nitrogens with zero attached hydrogens (tertiary/aromatic N) is 2. The van der Waals surface area contributed by atoms with Gasteiger partial charge in [0.2, 0.25) is 11.7 Å². The van der Waals surface area contributed by atoms with Gasteiger partial charge in [-0.05, 0) is 30.5 Å². The van der Waals surface area contributed by atoms with Gasteiger partial charge in [-0.15, -0.1) is 0 Å². The van der Waals surface area contributed by atoms with E-state index in [-0.39, 0.29) is 36.9 Å². The van der Waals surface area contributed by atoms with E-state index in [2.05, 4.69) is 20.9 Å². The third-order valence-electron chi connectivity index (χ3n) is 6.69. The standard InChI is InChI=1S/C28H35N5O6S/c34-23(27-32-22-11-6-7-13-24(22)39-27)12-5-2-8-14-30-26(35)25(19-31-28(36)33-17-15-29-16-18-33)40(37,38)20-21-9-3-1-4-10-21/h1,3-4,6-7,9-11,13,25,29H,2,5,8,12,14-20H2,(H,30,35)(H,31,36). The Kier molecular flexibility index (Phi) is 10.3. The van der Waals surface area contributed by atoms with Crippen LogP contribution in [0.3, 0.4) is 0 Å². The van der Waals surface area contributed by atoms with Crippen LogP contribution in [0.1, 0.15) is 41.9 Å². The van der Waals surface area contributed by atoms with Crippen LogP contribution >= 0.6 is 0 Å². The first-order valence-corrected chi connectivity index (χ1v) is 15.2. The molecule has 1 saturated heterocycles. The van der Waals surface area contributed by atoms with E-state index in [4.69, 9.17) is 4.42 Å². The number of piperazine rings is 1. The molecule has 1 atom stereocenters. The normalized spacial score (nSPS) is 14.6. The highest BCUT2D eigenvalue weighted by Gasteiger charge is 2.33. The van der Waals surface area contributed by atoms with Crippen LogP contribution in [0.4, 0.5) is 4.79 Å². The summed E-state index contributed by atoms with van der Waals surface area (Å²) in [6.45, 7) is 2.26. The van der Waals surface area contributed by atoms with Gasteiger partial charge in [-0.3, -0.25) is 9.59 Å². The number of ketones is 1. The van der Waals surface area contributed by atoms with Crippen molar-refractivity contribution in [1.82, 2.24) is 25.8 Å². The summed E-state index contributed by atoms with van der Waals surface area (Å²) in [6, 6.07) is 15.4. The Hall–Kier alpha value is -3.77. The van der Waals surface area contributed by atoms with E-state index >= 15 is 0 Å². The predicted octanol–water partition coefficient (Wildman–Crippen LogP) is 2.29. The van der Waals surface area contributed by atoms with Gasteiger partial charge in [0.25, 0.3) is 5.89 Å². The summed E-state index contributed by atoms with van der Waals surface area (Å²) in [7, 11) is -3.92. The number of rotatable bonds is 13. The van der Waals surface area contributed by atoms with Gasteiger partial charge in [-0.2, -0.15) is 0 Å². The molecule has 0 aliphatic carbocycles. The fourth-order valence-corrected chi connectivity index (χ4v) is 6.07. The van der Waals surface area contributed by atoms with Gasteiger partial charge in [0, 0.05) is 45.7 Å². The number of unbranched alkanes of at least 4 members (excludes halogenated alkanes) is 2. The van der Waals surface area contributed by atoms with Crippen molar-refractivity contribution in [2.45, 2.75) is 36.7 Å². The maximum atomic E-state index is 13.3. The number of aromatic nitrogens is 1. The second kappa shape index (κ2) is 14.0. The number of benzene rings is 2. The van der Waals surface area contributed by atoms with E-state index in [1.807, 2.05) is 12.1 Å². The quantitative estimate of drug-likeness (QED) is 0.210. The van der Waals surface area contributed by atoms with Crippen molar-refractivity contribution in [3.8, 4) is 0 Å². The molecule has 1 fully saturated rings. The third kappa shape index (κ3) is 8.12. The highest BCUT2D eigenvalue weighted by atomic mass is 32.2. The van der Waals surface area contributed by atoms with E-state index in [0.717, 1.165) is 0 Å². The van der Waals surface area contributed by atoms with Gasteiger partial charge >= 0.3 is 6.03 Å². The Labute approximate surface area is 233 Å². The zero-order chi connectivity index (χ0) is 28.4. The molecule has 0 bridgehead atoms. The molecular formula is C28H35N5O6S. The number of fused-ring (bicyclic) bond motifs is 1. The smallest absolute Gasteiger partial charge is 0.317 e. The highest BCUT2D eigenvalue weighted by molar-refractivity contribution is 7.92. The number of urea groups is 1. The van der Waals surface area contributed by atoms with E-state index in [0.29, 0.717) is 62.1 Å². The molecule has 3 N–H and O–H groups in total. The third-order valence-corrected chi connectivity index (χ3v) is 8.68. The van der Waals surface area contributed by atoms with Gasteiger partial charge in [0.05, 0.1) is 5.75 Å². The largest absolute Gasteiger partial charge is 0.434 e. The van der Waals surface area contributed by atoms with Crippen molar-refractivity contribution in [2.75, 3.05) is 39.3 Å². The summed E-state index contributed by atoms with van der Waals surface area (Å²) in [5.41, 5.74) is 1.77. The maximum absolute atomic E-state index is 13.3. The molecule has 0 saturated carbocycles. The van der Waals surface area contributed by atoms with E-state index in [1.165, 1.54) is 0 Å². The number of oxazole rings is 1. The van der Waals surface area contributed by atoms with Crippen molar-refractivity contribution in [2.24, 2.45) is 0 Å². The number of Topliss-reactive ketones (excluding diaryl/α,β-unsaturated/α-hetero) is 1. The topological polar surface area (TPSA) is 151 Å². The second-order valence-corrected chi connectivity index (χ2v) is 11.9. The Morgan fingerprint density at radius 2 is 1.68 bits per heavy atom. The van der Waals surface area contributed by atoms with E-state index < -0.39 is 27.0 Å². The Bertz CT molecular complexity index is 1370. The van der Waals surface area contributed by atoms with Crippen molar-refractivity contribution >= 4 is 38.7 Å². The zero-order valence-corrected chi connectivity index (χ0v) is 23.1. The summed E-state index contributed by atoms with van der Waals surface area (Å²) in [4.78, 5) is 43.8. The molecule has 0 spiro atoms. The number of sulfone groups is 1. The molecule has 40 heavy (non-hydrogen) atoms. The first kappa shape index (κ1) is 29.2. The molecule has 3 amide bonds. The SMILES string of the molecule is O=C(CCCCCNC(=O)C(CNC(=O)N1CCNCC1)S(=O)(=O)Cc1ccccc1)c1nc2ccccc2o1.